The molecule has 0 aliphatic carbocycles. The molecule has 1 amide bonds. The fourth-order valence-electron chi connectivity index (χ4n) is 3.50. The third kappa shape index (κ3) is 3.86. The van der Waals surface area contributed by atoms with Crippen LogP contribution in [0.2, 0.25) is 0 Å². The Balaban J connectivity index is 1.50. The highest BCUT2D eigenvalue weighted by Gasteiger charge is 2.27. The van der Waals surface area contributed by atoms with Crippen LogP contribution in [0.4, 0.5) is 5.13 Å². The van der Waals surface area contributed by atoms with Crippen molar-refractivity contribution in [2.45, 2.75) is 18.7 Å². The lowest BCUT2D eigenvalue weighted by Gasteiger charge is -2.34. The van der Waals surface area contributed by atoms with Gasteiger partial charge in [0.25, 0.3) is 5.91 Å². The molecule has 4 rings (SSSR count). The fraction of sp³-hybridized carbons (Fsp3) is 0.333. The summed E-state index contributed by atoms with van der Waals surface area (Å²) in [5.74, 6) is -0.250. The third-order valence-electron chi connectivity index (χ3n) is 5.20. The van der Waals surface area contributed by atoms with E-state index in [4.69, 9.17) is 4.98 Å². The van der Waals surface area contributed by atoms with E-state index < -0.39 is 9.84 Å². The Labute approximate surface area is 174 Å². The van der Waals surface area contributed by atoms with Crippen molar-refractivity contribution in [3.05, 3.63) is 53.6 Å². The molecule has 1 aliphatic rings. The van der Waals surface area contributed by atoms with Gasteiger partial charge in [0.1, 0.15) is 0 Å². The van der Waals surface area contributed by atoms with Crippen LogP contribution in [0.5, 0.6) is 0 Å². The Morgan fingerprint density at radius 1 is 1.10 bits per heavy atom. The Morgan fingerprint density at radius 3 is 2.55 bits per heavy atom. The zero-order valence-electron chi connectivity index (χ0n) is 16.5. The molecule has 29 heavy (non-hydrogen) atoms. The van der Waals surface area contributed by atoms with E-state index in [2.05, 4.69) is 30.0 Å². The number of aryl methyl sites for hydroxylation is 1. The number of piperazine rings is 1. The van der Waals surface area contributed by atoms with Crippen LogP contribution in [0.1, 0.15) is 22.8 Å². The SMILES string of the molecule is CCS(=O)(=O)c1ccccc1C(=O)N1CCN(c2nc3cc(C)ccc3s2)CC1. The molecule has 0 radical (unpaired) electrons. The molecule has 0 atom stereocenters. The predicted molar refractivity (Wildman–Crippen MR) is 117 cm³/mol. The average molecular weight is 430 g/mol. The van der Waals surface area contributed by atoms with Crippen molar-refractivity contribution in [1.82, 2.24) is 9.88 Å². The second kappa shape index (κ2) is 7.76. The predicted octanol–water partition coefficient (Wildman–Crippen LogP) is 3.36. The largest absolute Gasteiger partial charge is 0.345 e. The Hall–Kier alpha value is -2.45. The fourth-order valence-corrected chi connectivity index (χ4v) is 5.59. The van der Waals surface area contributed by atoms with Crippen LogP contribution >= 0.6 is 11.3 Å². The van der Waals surface area contributed by atoms with Crippen LogP contribution in [0.25, 0.3) is 10.2 Å². The van der Waals surface area contributed by atoms with E-state index in [1.807, 2.05) is 0 Å². The molecule has 1 saturated heterocycles. The second-order valence-electron chi connectivity index (χ2n) is 7.15. The monoisotopic (exact) mass is 429 g/mol. The lowest BCUT2D eigenvalue weighted by Crippen LogP contribution is -2.49. The molecule has 8 heteroatoms. The van der Waals surface area contributed by atoms with Gasteiger partial charge in [-0.25, -0.2) is 13.4 Å². The first-order valence-electron chi connectivity index (χ1n) is 9.62. The van der Waals surface area contributed by atoms with Crippen LogP contribution in [-0.4, -0.2) is 56.1 Å². The van der Waals surface area contributed by atoms with Gasteiger partial charge in [-0.05, 0) is 36.8 Å². The van der Waals surface area contributed by atoms with Crippen molar-refractivity contribution in [2.75, 3.05) is 36.8 Å². The first-order valence-corrected chi connectivity index (χ1v) is 12.1. The summed E-state index contributed by atoms with van der Waals surface area (Å²) < 4.78 is 25.9. The maximum Gasteiger partial charge on any atom is 0.255 e. The highest BCUT2D eigenvalue weighted by Crippen LogP contribution is 2.30. The van der Waals surface area contributed by atoms with Gasteiger partial charge in [-0.2, -0.15) is 0 Å². The number of aromatic nitrogens is 1. The molecule has 0 N–H and O–H groups in total. The molecule has 0 unspecified atom stereocenters. The van der Waals surface area contributed by atoms with Gasteiger partial charge < -0.3 is 9.80 Å². The zero-order valence-corrected chi connectivity index (χ0v) is 18.1. The summed E-state index contributed by atoms with van der Waals surface area (Å²) in [6, 6.07) is 12.8. The minimum atomic E-state index is -3.45. The van der Waals surface area contributed by atoms with Crippen LogP contribution < -0.4 is 4.90 Å². The summed E-state index contributed by atoms with van der Waals surface area (Å²) in [5, 5.41) is 0.964. The number of hydrogen-bond acceptors (Lipinski definition) is 6. The van der Waals surface area contributed by atoms with E-state index in [1.165, 1.54) is 11.6 Å². The first-order chi connectivity index (χ1) is 13.9. The number of anilines is 1. The number of fused-ring (bicyclic) bond motifs is 1. The van der Waals surface area contributed by atoms with Crippen molar-refractivity contribution in [3.8, 4) is 0 Å². The molecule has 0 spiro atoms. The summed E-state index contributed by atoms with van der Waals surface area (Å²) in [5.41, 5.74) is 2.45. The molecular formula is C21H23N3O3S2. The number of carbonyl (C=O) groups is 1. The van der Waals surface area contributed by atoms with Gasteiger partial charge in [0.05, 0.1) is 26.4 Å². The van der Waals surface area contributed by atoms with E-state index in [1.54, 1.807) is 41.4 Å². The second-order valence-corrected chi connectivity index (χ2v) is 10.4. The number of carbonyl (C=O) groups excluding carboxylic acids is 1. The zero-order chi connectivity index (χ0) is 20.6. The van der Waals surface area contributed by atoms with Gasteiger partial charge >= 0.3 is 0 Å². The smallest absolute Gasteiger partial charge is 0.255 e. The van der Waals surface area contributed by atoms with Gasteiger partial charge in [-0.1, -0.05) is 36.5 Å². The van der Waals surface area contributed by atoms with Gasteiger partial charge in [0.2, 0.25) is 0 Å². The van der Waals surface area contributed by atoms with Gasteiger partial charge in [-0.3, -0.25) is 4.79 Å². The van der Waals surface area contributed by atoms with E-state index in [9.17, 15) is 13.2 Å². The summed E-state index contributed by atoms with van der Waals surface area (Å²) in [6.07, 6.45) is 0. The molecule has 3 aromatic rings. The van der Waals surface area contributed by atoms with Crippen molar-refractivity contribution in [1.29, 1.82) is 0 Å². The topological polar surface area (TPSA) is 70.6 Å². The van der Waals surface area contributed by atoms with E-state index in [0.717, 1.165) is 15.3 Å². The number of sulfone groups is 1. The first kappa shape index (κ1) is 19.8. The number of nitrogens with zero attached hydrogens (tertiary/aromatic N) is 3. The van der Waals surface area contributed by atoms with Crippen molar-refractivity contribution in [3.63, 3.8) is 0 Å². The van der Waals surface area contributed by atoms with Crippen LogP contribution in [0, 0.1) is 6.92 Å². The van der Waals surface area contributed by atoms with Crippen molar-refractivity contribution in [2.24, 2.45) is 0 Å². The van der Waals surface area contributed by atoms with E-state index in [-0.39, 0.29) is 22.1 Å². The normalized spacial score (nSPS) is 15.1. The number of thiazole rings is 1. The molecule has 2 heterocycles. The summed E-state index contributed by atoms with van der Waals surface area (Å²) in [6.45, 7) is 6.07. The van der Waals surface area contributed by atoms with Crippen LogP contribution in [0.15, 0.2) is 47.4 Å². The summed E-state index contributed by atoms with van der Waals surface area (Å²) >= 11 is 1.66. The van der Waals surface area contributed by atoms with Gasteiger partial charge in [0.15, 0.2) is 15.0 Å². The Morgan fingerprint density at radius 2 is 1.83 bits per heavy atom. The minimum absolute atomic E-state index is 0.0256. The van der Waals surface area contributed by atoms with Crippen molar-refractivity contribution < 1.29 is 13.2 Å². The molecule has 0 saturated carbocycles. The molecule has 6 nitrogen and oxygen atoms in total. The summed E-state index contributed by atoms with van der Waals surface area (Å²) in [4.78, 5) is 21.8. The molecule has 1 fully saturated rings. The number of amides is 1. The molecule has 2 aromatic carbocycles. The lowest BCUT2D eigenvalue weighted by atomic mass is 10.2. The highest BCUT2D eigenvalue weighted by atomic mass is 32.2. The quantitative estimate of drug-likeness (QED) is 0.636. The molecule has 1 aromatic heterocycles. The number of benzene rings is 2. The maximum absolute atomic E-state index is 13.0. The summed E-state index contributed by atoms with van der Waals surface area (Å²) in [7, 11) is -3.45. The Kier molecular flexibility index (Phi) is 5.31. The minimum Gasteiger partial charge on any atom is -0.345 e. The number of rotatable bonds is 4. The molecule has 1 aliphatic heterocycles. The molecule has 0 bridgehead atoms. The van der Waals surface area contributed by atoms with Crippen molar-refractivity contribution >= 4 is 42.4 Å². The standard InChI is InChI=1S/C21H23N3O3S2/c1-3-29(26,27)19-7-5-4-6-16(19)20(25)23-10-12-24(13-11-23)21-22-17-14-15(2)8-9-18(17)28-21/h4-9,14H,3,10-13H2,1-2H3. The highest BCUT2D eigenvalue weighted by molar-refractivity contribution is 7.91. The molecular weight excluding hydrogens is 406 g/mol. The van der Waals surface area contributed by atoms with Gasteiger partial charge in [-0.15, -0.1) is 0 Å². The average Bonchev–Trinajstić information content (AvgIpc) is 3.16. The van der Waals surface area contributed by atoms with Gasteiger partial charge in [0, 0.05) is 26.2 Å². The number of hydrogen-bond donors (Lipinski definition) is 0. The lowest BCUT2D eigenvalue weighted by molar-refractivity contribution is 0.0743. The van der Waals surface area contributed by atoms with E-state index in [0.29, 0.717) is 26.2 Å². The van der Waals surface area contributed by atoms with Crippen LogP contribution in [0.3, 0.4) is 0 Å². The maximum atomic E-state index is 13.0. The van der Waals surface area contributed by atoms with Crippen LogP contribution in [-0.2, 0) is 9.84 Å². The Bertz CT molecular complexity index is 1160. The third-order valence-corrected chi connectivity index (χ3v) is 8.09. The molecule has 152 valence electrons. The van der Waals surface area contributed by atoms with E-state index >= 15 is 0 Å².